The molecule has 10 rings (SSSR count). The molecule has 2 aromatic heterocycles. The summed E-state index contributed by atoms with van der Waals surface area (Å²) in [6, 6.07) is 60.0. The van der Waals surface area contributed by atoms with E-state index in [-0.39, 0.29) is 0 Å². The molecule has 236 valence electrons. The number of rotatable bonds is 5. The average Bonchev–Trinajstić information content (AvgIpc) is 3.72. The van der Waals surface area contributed by atoms with Crippen molar-refractivity contribution < 1.29 is 0 Å². The first-order valence-corrected chi connectivity index (χ1v) is 17.5. The van der Waals surface area contributed by atoms with Crippen molar-refractivity contribution in [2.24, 2.45) is 0 Å². The van der Waals surface area contributed by atoms with Gasteiger partial charge in [0, 0.05) is 32.9 Å². The normalized spacial score (nSPS) is 13.1. The molecule has 0 radical (unpaired) electrons. The van der Waals surface area contributed by atoms with Crippen LogP contribution in [0.5, 0.6) is 0 Å². The molecule has 0 N–H and O–H groups in total. The Morgan fingerprint density at radius 2 is 0.960 bits per heavy atom. The van der Waals surface area contributed by atoms with Crippen LogP contribution in [-0.4, -0.2) is 9.13 Å². The number of benzene rings is 7. The summed E-state index contributed by atoms with van der Waals surface area (Å²) < 4.78 is 5.00. The summed E-state index contributed by atoms with van der Waals surface area (Å²) in [5.41, 5.74) is 14.6. The molecule has 1 aliphatic carbocycles. The van der Waals surface area contributed by atoms with Gasteiger partial charge in [0.1, 0.15) is 0 Å². The monoisotopic (exact) mass is 638 g/mol. The van der Waals surface area contributed by atoms with Gasteiger partial charge in [-0.15, -0.1) is 0 Å². The fraction of sp³-hybridized carbons (Fsp3) is 0.0417. The third-order valence-corrected chi connectivity index (χ3v) is 10.3. The predicted molar refractivity (Wildman–Crippen MR) is 212 cm³/mol. The van der Waals surface area contributed by atoms with Gasteiger partial charge in [0.15, 0.2) is 0 Å². The minimum absolute atomic E-state index is 1.06. The smallest absolute Gasteiger partial charge is 0.0788 e. The van der Waals surface area contributed by atoms with E-state index in [9.17, 15) is 0 Å². The van der Waals surface area contributed by atoms with Gasteiger partial charge >= 0.3 is 0 Å². The Bertz CT molecular complexity index is 2780. The van der Waals surface area contributed by atoms with Gasteiger partial charge < -0.3 is 9.13 Å². The Labute approximate surface area is 291 Å². The lowest BCUT2D eigenvalue weighted by Crippen LogP contribution is -2.00. The first kappa shape index (κ1) is 28.6. The zero-order valence-electron chi connectivity index (χ0n) is 27.6. The molecule has 2 heterocycles. The van der Waals surface area contributed by atoms with E-state index in [4.69, 9.17) is 0 Å². The molecule has 0 spiro atoms. The molecule has 0 aliphatic heterocycles. The van der Waals surface area contributed by atoms with Gasteiger partial charge in [-0.05, 0) is 94.8 Å². The molecule has 0 atom stereocenters. The summed E-state index contributed by atoms with van der Waals surface area (Å²) in [6.45, 7) is 0. The standard InChI is InChI=1S/C48H34N2/c1-5-15-33(16-6-1)36-25-28-46-44(32-36)43-27-26-42-41-23-13-14-24-45(41)50(47(42)48(43)49(46)39-21-11-4-12-22-39)40-30-37(34-17-7-2-8-18-34)29-38(31-40)35-19-9-3-10-20-35/h1-2,4-9,11-32H,3,10H2. The maximum atomic E-state index is 2.52. The highest BCUT2D eigenvalue weighted by Crippen LogP contribution is 2.43. The zero-order valence-corrected chi connectivity index (χ0v) is 27.6. The molecule has 2 nitrogen and oxygen atoms in total. The van der Waals surface area contributed by atoms with E-state index in [1.165, 1.54) is 77.0 Å². The minimum Gasteiger partial charge on any atom is -0.307 e. The first-order valence-electron chi connectivity index (χ1n) is 17.5. The fourth-order valence-electron chi connectivity index (χ4n) is 8.01. The van der Waals surface area contributed by atoms with Crippen molar-refractivity contribution in [1.29, 1.82) is 0 Å². The number of fused-ring (bicyclic) bond motifs is 7. The molecule has 0 fully saturated rings. The lowest BCUT2D eigenvalue weighted by atomic mass is 9.95. The van der Waals surface area contributed by atoms with E-state index in [0.717, 1.165) is 24.2 Å². The largest absolute Gasteiger partial charge is 0.307 e. The molecule has 0 unspecified atom stereocenters. The van der Waals surface area contributed by atoms with Gasteiger partial charge in [-0.2, -0.15) is 0 Å². The van der Waals surface area contributed by atoms with Crippen LogP contribution >= 0.6 is 0 Å². The fourth-order valence-corrected chi connectivity index (χ4v) is 8.01. The van der Waals surface area contributed by atoms with Crippen LogP contribution in [0.4, 0.5) is 0 Å². The highest BCUT2D eigenvalue weighted by atomic mass is 15.0. The number of allylic oxidation sites excluding steroid dienone is 4. The van der Waals surface area contributed by atoms with Crippen LogP contribution in [-0.2, 0) is 0 Å². The first-order chi connectivity index (χ1) is 24.8. The van der Waals surface area contributed by atoms with Crippen LogP contribution in [0, 0.1) is 0 Å². The van der Waals surface area contributed by atoms with E-state index in [1.54, 1.807) is 0 Å². The van der Waals surface area contributed by atoms with Crippen LogP contribution in [0.25, 0.3) is 82.8 Å². The van der Waals surface area contributed by atoms with Crippen molar-refractivity contribution in [3.8, 4) is 33.6 Å². The summed E-state index contributed by atoms with van der Waals surface area (Å²) in [5, 5.41) is 5.00. The molecule has 50 heavy (non-hydrogen) atoms. The number of aromatic nitrogens is 2. The lowest BCUT2D eigenvalue weighted by Gasteiger charge is -2.16. The number of nitrogens with zero attached hydrogens (tertiary/aromatic N) is 2. The molecule has 2 heteroatoms. The van der Waals surface area contributed by atoms with Gasteiger partial charge in [0.2, 0.25) is 0 Å². The second-order valence-electron chi connectivity index (χ2n) is 13.3. The van der Waals surface area contributed by atoms with Crippen LogP contribution < -0.4 is 0 Å². The van der Waals surface area contributed by atoms with Gasteiger partial charge in [-0.1, -0.05) is 133 Å². The van der Waals surface area contributed by atoms with Gasteiger partial charge in [0.25, 0.3) is 0 Å². The lowest BCUT2D eigenvalue weighted by molar-refractivity contribution is 1.04. The highest BCUT2D eigenvalue weighted by molar-refractivity contribution is 6.24. The summed E-state index contributed by atoms with van der Waals surface area (Å²) in [5.74, 6) is 0. The number of hydrogen-bond acceptors (Lipinski definition) is 0. The van der Waals surface area contributed by atoms with Crippen LogP contribution in [0.15, 0.2) is 182 Å². The van der Waals surface area contributed by atoms with Gasteiger partial charge in [0.05, 0.1) is 22.1 Å². The van der Waals surface area contributed by atoms with Gasteiger partial charge in [-0.3, -0.25) is 0 Å². The molecular formula is C48H34N2. The maximum Gasteiger partial charge on any atom is 0.0788 e. The Balaban J connectivity index is 1.36. The summed E-state index contributed by atoms with van der Waals surface area (Å²) in [4.78, 5) is 0. The summed E-state index contributed by atoms with van der Waals surface area (Å²) in [7, 11) is 0. The predicted octanol–water partition coefficient (Wildman–Crippen LogP) is 12.9. The molecule has 7 aromatic carbocycles. The van der Waals surface area contributed by atoms with E-state index >= 15 is 0 Å². The van der Waals surface area contributed by atoms with E-state index in [2.05, 4.69) is 191 Å². The maximum absolute atomic E-state index is 2.52. The second kappa shape index (κ2) is 11.6. The van der Waals surface area contributed by atoms with Crippen molar-refractivity contribution in [2.45, 2.75) is 12.8 Å². The van der Waals surface area contributed by atoms with E-state index in [1.807, 2.05) is 0 Å². The van der Waals surface area contributed by atoms with Crippen molar-refractivity contribution in [3.63, 3.8) is 0 Å². The van der Waals surface area contributed by atoms with Crippen LogP contribution in [0.2, 0.25) is 0 Å². The number of hydrogen-bond donors (Lipinski definition) is 0. The second-order valence-corrected chi connectivity index (χ2v) is 13.3. The molecule has 0 bridgehead atoms. The van der Waals surface area contributed by atoms with E-state index in [0.29, 0.717) is 0 Å². The van der Waals surface area contributed by atoms with Crippen molar-refractivity contribution in [3.05, 3.63) is 188 Å². The van der Waals surface area contributed by atoms with E-state index < -0.39 is 0 Å². The molecule has 1 aliphatic rings. The Morgan fingerprint density at radius 1 is 0.360 bits per heavy atom. The number of para-hydroxylation sites is 2. The third kappa shape index (κ3) is 4.57. The van der Waals surface area contributed by atoms with Gasteiger partial charge in [-0.25, -0.2) is 0 Å². The SMILES string of the molecule is C1=CC(c2cc(-c3ccccc3)cc(-n3c4ccccc4c4ccc5c6cc(-c7ccccc7)ccc6n(-c6ccccc6)c5c43)c2)=CCC1. The van der Waals surface area contributed by atoms with Crippen molar-refractivity contribution in [2.75, 3.05) is 0 Å². The quantitative estimate of drug-likeness (QED) is 0.178. The van der Waals surface area contributed by atoms with Crippen LogP contribution in [0.3, 0.4) is 0 Å². The summed E-state index contributed by atoms with van der Waals surface area (Å²) >= 11 is 0. The Kier molecular flexibility index (Phi) is 6.67. The molecule has 0 saturated carbocycles. The molecular weight excluding hydrogens is 605 g/mol. The molecule has 9 aromatic rings. The minimum atomic E-state index is 1.06. The summed E-state index contributed by atoms with van der Waals surface area (Å²) in [6.07, 6.45) is 9.13. The van der Waals surface area contributed by atoms with Crippen LogP contribution in [0.1, 0.15) is 18.4 Å². The van der Waals surface area contributed by atoms with Crippen molar-refractivity contribution >= 4 is 49.2 Å². The third-order valence-electron chi connectivity index (χ3n) is 10.3. The Hall–Kier alpha value is -6.38. The van der Waals surface area contributed by atoms with Crippen molar-refractivity contribution in [1.82, 2.24) is 9.13 Å². The zero-order chi connectivity index (χ0) is 33.0. The molecule has 0 saturated heterocycles. The Morgan fingerprint density at radius 3 is 1.68 bits per heavy atom. The average molecular weight is 639 g/mol. The molecule has 0 amide bonds. The highest BCUT2D eigenvalue weighted by Gasteiger charge is 2.22. The topological polar surface area (TPSA) is 9.86 Å².